The molecular weight excluding hydrogens is 352 g/mol. The van der Waals surface area contributed by atoms with Gasteiger partial charge in [0.05, 0.1) is 15.4 Å². The van der Waals surface area contributed by atoms with Crippen molar-refractivity contribution < 1.29 is 19.6 Å². The molecule has 1 fully saturated rings. The summed E-state index contributed by atoms with van der Waals surface area (Å²) in [6.45, 7) is 3.37. The third kappa shape index (κ3) is 3.46. The molecule has 0 saturated carbocycles. The molecule has 0 radical (unpaired) electrons. The molecule has 0 aromatic heterocycles. The van der Waals surface area contributed by atoms with Gasteiger partial charge < -0.3 is 5.11 Å². The van der Waals surface area contributed by atoms with Crippen LogP contribution in [0.4, 0.5) is 5.69 Å². The predicted octanol–water partition coefficient (Wildman–Crippen LogP) is 2.91. The summed E-state index contributed by atoms with van der Waals surface area (Å²) >= 11 is 6.08. The zero-order valence-electron chi connectivity index (χ0n) is 12.8. The molecule has 2 rings (SSSR count). The average molecular weight is 366 g/mol. The Bertz CT molecular complexity index is 760. The van der Waals surface area contributed by atoms with Crippen LogP contribution in [0.15, 0.2) is 29.2 Å². The lowest BCUT2D eigenvalue weighted by atomic mass is 10.0. The van der Waals surface area contributed by atoms with Gasteiger partial charge in [0.25, 0.3) is 11.6 Å². The summed E-state index contributed by atoms with van der Waals surface area (Å²) in [5.74, 6) is -2.03. The fraction of sp³-hybridized carbons (Fsp3) is 0.267. The molecule has 1 atom stereocenters. The quantitative estimate of drug-likeness (QED) is 0.370. The molecular formula is C15H14N2O5S2. The fourth-order valence-corrected chi connectivity index (χ4v) is 3.65. The van der Waals surface area contributed by atoms with Crippen LogP contribution in [-0.2, 0) is 9.59 Å². The number of carbonyl (C=O) groups is 2. The van der Waals surface area contributed by atoms with Crippen LogP contribution in [0, 0.1) is 16.0 Å². The maximum absolute atomic E-state index is 12.6. The number of hydrogen-bond acceptors (Lipinski definition) is 6. The monoisotopic (exact) mass is 366 g/mol. The van der Waals surface area contributed by atoms with Gasteiger partial charge in [-0.25, -0.2) is 4.79 Å². The Labute approximate surface area is 147 Å². The van der Waals surface area contributed by atoms with Crippen LogP contribution < -0.4 is 0 Å². The second-order valence-corrected chi connectivity index (χ2v) is 7.07. The number of amides is 1. The third-order valence-corrected chi connectivity index (χ3v) is 4.74. The molecule has 0 bridgehead atoms. The Kier molecular flexibility index (Phi) is 5.35. The zero-order valence-corrected chi connectivity index (χ0v) is 14.5. The van der Waals surface area contributed by atoms with Crippen molar-refractivity contribution in [3.8, 4) is 0 Å². The van der Waals surface area contributed by atoms with Gasteiger partial charge in [-0.1, -0.05) is 50.0 Å². The first-order valence-electron chi connectivity index (χ1n) is 6.97. The molecule has 1 amide bonds. The summed E-state index contributed by atoms with van der Waals surface area (Å²) in [7, 11) is 0. The van der Waals surface area contributed by atoms with E-state index in [0.29, 0.717) is 0 Å². The molecule has 24 heavy (non-hydrogen) atoms. The molecule has 1 N–H and O–H groups in total. The summed E-state index contributed by atoms with van der Waals surface area (Å²) in [5, 5.41) is 20.4. The molecule has 1 aliphatic heterocycles. The van der Waals surface area contributed by atoms with Gasteiger partial charge in [-0.3, -0.25) is 19.8 Å². The van der Waals surface area contributed by atoms with Crippen LogP contribution in [0.1, 0.15) is 19.4 Å². The zero-order chi connectivity index (χ0) is 18.0. The van der Waals surface area contributed by atoms with Crippen molar-refractivity contribution in [2.45, 2.75) is 19.9 Å². The first-order chi connectivity index (χ1) is 11.2. The van der Waals surface area contributed by atoms with E-state index in [4.69, 9.17) is 12.2 Å². The smallest absolute Gasteiger partial charge is 0.327 e. The van der Waals surface area contributed by atoms with E-state index in [9.17, 15) is 24.8 Å². The van der Waals surface area contributed by atoms with Crippen molar-refractivity contribution >= 4 is 51.9 Å². The third-order valence-electron chi connectivity index (χ3n) is 3.41. The van der Waals surface area contributed by atoms with E-state index in [1.54, 1.807) is 19.9 Å². The molecule has 1 heterocycles. The van der Waals surface area contributed by atoms with Crippen molar-refractivity contribution in [1.29, 1.82) is 0 Å². The molecule has 1 unspecified atom stereocenters. The average Bonchev–Trinajstić information content (AvgIpc) is 2.75. The Balaban J connectivity index is 2.42. The number of thiocarbonyl (C=S) groups is 1. The fourth-order valence-electron chi connectivity index (χ4n) is 2.33. The Morgan fingerprint density at radius 3 is 2.58 bits per heavy atom. The number of thioether (sulfide) groups is 1. The highest BCUT2D eigenvalue weighted by Gasteiger charge is 2.42. The van der Waals surface area contributed by atoms with E-state index < -0.39 is 22.8 Å². The first kappa shape index (κ1) is 18.1. The van der Waals surface area contributed by atoms with E-state index in [-0.39, 0.29) is 26.4 Å². The lowest BCUT2D eigenvalue weighted by Crippen LogP contribution is -2.47. The second-order valence-electron chi connectivity index (χ2n) is 5.39. The molecule has 7 nitrogen and oxygen atoms in total. The van der Waals surface area contributed by atoms with Gasteiger partial charge in [-0.2, -0.15) is 0 Å². The number of carboxylic acids is 1. The molecule has 1 aromatic rings. The van der Waals surface area contributed by atoms with Crippen molar-refractivity contribution in [1.82, 2.24) is 4.90 Å². The number of para-hydroxylation sites is 1. The molecule has 1 aromatic carbocycles. The van der Waals surface area contributed by atoms with E-state index in [2.05, 4.69) is 0 Å². The van der Waals surface area contributed by atoms with E-state index in [1.165, 1.54) is 24.3 Å². The van der Waals surface area contributed by atoms with Gasteiger partial charge in [0.2, 0.25) is 0 Å². The van der Waals surface area contributed by atoms with Crippen molar-refractivity contribution in [3.05, 3.63) is 44.8 Å². The molecule has 0 aliphatic carbocycles. The summed E-state index contributed by atoms with van der Waals surface area (Å²) in [6.07, 6.45) is 1.37. The van der Waals surface area contributed by atoms with Gasteiger partial charge in [0.15, 0.2) is 0 Å². The van der Waals surface area contributed by atoms with Crippen molar-refractivity contribution in [3.63, 3.8) is 0 Å². The molecule has 1 saturated heterocycles. The highest BCUT2D eigenvalue weighted by molar-refractivity contribution is 8.26. The number of benzene rings is 1. The molecule has 9 heteroatoms. The number of nitro groups is 1. The Morgan fingerprint density at radius 1 is 1.42 bits per heavy atom. The minimum absolute atomic E-state index is 0.130. The van der Waals surface area contributed by atoms with Gasteiger partial charge in [-0.05, 0) is 18.1 Å². The van der Waals surface area contributed by atoms with E-state index >= 15 is 0 Å². The lowest BCUT2D eigenvalue weighted by molar-refractivity contribution is -0.385. The SMILES string of the molecule is CC(C)C(C(=O)O)N1C(=O)C(=Cc2ccccc2[N+](=O)[O-])SC1=S. The predicted molar refractivity (Wildman–Crippen MR) is 94.4 cm³/mol. The Hall–Kier alpha value is -2.26. The number of rotatable bonds is 5. The van der Waals surface area contributed by atoms with Crippen LogP contribution in [0.5, 0.6) is 0 Å². The van der Waals surface area contributed by atoms with Crippen molar-refractivity contribution in [2.75, 3.05) is 0 Å². The number of carbonyl (C=O) groups excluding carboxylic acids is 1. The maximum atomic E-state index is 12.6. The van der Waals surface area contributed by atoms with Gasteiger partial charge in [0.1, 0.15) is 10.4 Å². The lowest BCUT2D eigenvalue weighted by Gasteiger charge is -2.26. The first-order valence-corrected chi connectivity index (χ1v) is 8.19. The van der Waals surface area contributed by atoms with Gasteiger partial charge in [0, 0.05) is 6.07 Å². The highest BCUT2D eigenvalue weighted by atomic mass is 32.2. The Morgan fingerprint density at radius 2 is 2.04 bits per heavy atom. The minimum atomic E-state index is -1.15. The van der Waals surface area contributed by atoms with Crippen LogP contribution in [-0.4, -0.2) is 37.2 Å². The van der Waals surface area contributed by atoms with Gasteiger partial charge in [-0.15, -0.1) is 0 Å². The largest absolute Gasteiger partial charge is 0.480 e. The van der Waals surface area contributed by atoms with Crippen LogP contribution in [0.2, 0.25) is 0 Å². The molecule has 126 valence electrons. The molecule has 1 aliphatic rings. The van der Waals surface area contributed by atoms with Gasteiger partial charge >= 0.3 is 5.97 Å². The number of nitrogens with zero attached hydrogens (tertiary/aromatic N) is 2. The summed E-state index contributed by atoms with van der Waals surface area (Å²) in [6, 6.07) is 4.92. The van der Waals surface area contributed by atoms with Crippen LogP contribution in [0.25, 0.3) is 6.08 Å². The standard InChI is InChI=1S/C15H14N2O5S2/c1-8(2)12(14(19)20)16-13(18)11(24-15(16)23)7-9-5-3-4-6-10(9)17(21)22/h3-8,12H,1-2H3,(H,19,20). The van der Waals surface area contributed by atoms with E-state index in [0.717, 1.165) is 16.7 Å². The number of hydrogen-bond donors (Lipinski definition) is 1. The number of carboxylic acid groups (broad SMARTS) is 1. The summed E-state index contributed by atoms with van der Waals surface area (Å²) < 4.78 is 0.130. The van der Waals surface area contributed by atoms with E-state index in [1.807, 2.05) is 0 Å². The minimum Gasteiger partial charge on any atom is -0.480 e. The molecule has 0 spiro atoms. The number of aliphatic carboxylic acids is 1. The maximum Gasteiger partial charge on any atom is 0.327 e. The normalized spacial score (nSPS) is 17.6. The second kappa shape index (κ2) is 7.10. The summed E-state index contributed by atoms with van der Waals surface area (Å²) in [5.41, 5.74) is 0.126. The van der Waals surface area contributed by atoms with Crippen LogP contribution in [0.3, 0.4) is 0 Å². The van der Waals surface area contributed by atoms with Crippen molar-refractivity contribution in [2.24, 2.45) is 5.92 Å². The highest BCUT2D eigenvalue weighted by Crippen LogP contribution is 2.36. The summed E-state index contributed by atoms with van der Waals surface area (Å²) in [4.78, 5) is 35.8. The van der Waals surface area contributed by atoms with Crippen LogP contribution >= 0.6 is 24.0 Å². The number of nitro benzene ring substituents is 1. The topological polar surface area (TPSA) is 101 Å².